The van der Waals surface area contributed by atoms with Crippen LogP contribution in [0.25, 0.3) is 0 Å². The summed E-state index contributed by atoms with van der Waals surface area (Å²) in [5.41, 5.74) is -0.407. The standard InChI is InChI=1S/C14H22N2O3S/c1-9-4-3-5-14(6-9,18-2)13-15-12(19-16-13)10-7-20-8-11(10)17/h9-11,17H,3-8H2,1-2H3. The van der Waals surface area contributed by atoms with E-state index in [2.05, 4.69) is 17.1 Å². The molecule has 1 saturated heterocycles. The van der Waals surface area contributed by atoms with E-state index in [4.69, 9.17) is 9.26 Å². The van der Waals surface area contributed by atoms with E-state index in [9.17, 15) is 5.11 Å². The number of hydrogen-bond acceptors (Lipinski definition) is 6. The third kappa shape index (κ3) is 2.49. The van der Waals surface area contributed by atoms with Crippen molar-refractivity contribution < 1.29 is 14.4 Å². The zero-order valence-electron chi connectivity index (χ0n) is 12.0. The number of aliphatic hydroxyl groups excluding tert-OH is 1. The molecule has 20 heavy (non-hydrogen) atoms. The first-order valence-corrected chi connectivity index (χ1v) is 8.45. The summed E-state index contributed by atoms with van der Waals surface area (Å²) in [6.07, 6.45) is 3.85. The highest BCUT2D eigenvalue weighted by Crippen LogP contribution is 2.42. The smallest absolute Gasteiger partial charge is 0.233 e. The average Bonchev–Trinajstić information content (AvgIpc) is 3.07. The Hall–Kier alpha value is -0.590. The lowest BCUT2D eigenvalue weighted by Gasteiger charge is -2.36. The van der Waals surface area contributed by atoms with Gasteiger partial charge in [-0.25, -0.2) is 0 Å². The van der Waals surface area contributed by atoms with Crippen LogP contribution in [0.3, 0.4) is 0 Å². The molecular weight excluding hydrogens is 276 g/mol. The summed E-state index contributed by atoms with van der Waals surface area (Å²) >= 11 is 1.73. The molecule has 2 fully saturated rings. The maximum absolute atomic E-state index is 9.95. The lowest BCUT2D eigenvalue weighted by atomic mass is 9.78. The van der Waals surface area contributed by atoms with E-state index in [0.29, 0.717) is 17.6 Å². The topological polar surface area (TPSA) is 68.4 Å². The van der Waals surface area contributed by atoms with Gasteiger partial charge in [0.15, 0.2) is 0 Å². The van der Waals surface area contributed by atoms with Crippen molar-refractivity contribution in [2.24, 2.45) is 5.92 Å². The molecule has 1 N–H and O–H groups in total. The minimum Gasteiger partial charge on any atom is -0.391 e. The molecule has 0 radical (unpaired) electrons. The summed E-state index contributed by atoms with van der Waals surface area (Å²) in [4.78, 5) is 4.57. The minimum atomic E-state index is -0.407. The first kappa shape index (κ1) is 14.4. The fraction of sp³-hybridized carbons (Fsp3) is 0.857. The van der Waals surface area contributed by atoms with Crippen LogP contribution in [-0.4, -0.2) is 40.0 Å². The lowest BCUT2D eigenvalue weighted by Crippen LogP contribution is -2.35. The van der Waals surface area contributed by atoms with Gasteiger partial charge in [0.05, 0.1) is 12.0 Å². The van der Waals surface area contributed by atoms with Crippen molar-refractivity contribution in [2.45, 2.75) is 50.2 Å². The van der Waals surface area contributed by atoms with Crippen LogP contribution in [-0.2, 0) is 10.3 Å². The normalized spacial score (nSPS) is 38.2. The van der Waals surface area contributed by atoms with E-state index in [-0.39, 0.29) is 12.0 Å². The predicted octanol–water partition coefficient (Wildman–Crippen LogP) is 2.31. The zero-order valence-corrected chi connectivity index (χ0v) is 12.9. The Labute approximate surface area is 123 Å². The molecule has 6 heteroatoms. The number of rotatable bonds is 3. The summed E-state index contributed by atoms with van der Waals surface area (Å²) < 4.78 is 11.2. The van der Waals surface area contributed by atoms with Crippen molar-refractivity contribution >= 4 is 11.8 Å². The van der Waals surface area contributed by atoms with Crippen LogP contribution >= 0.6 is 11.8 Å². The third-order valence-electron chi connectivity index (χ3n) is 4.56. The average molecular weight is 298 g/mol. The SMILES string of the molecule is COC1(c2noc(C3CSCC3O)n2)CCCC(C)C1. The largest absolute Gasteiger partial charge is 0.391 e. The lowest BCUT2D eigenvalue weighted by molar-refractivity contribution is -0.0658. The highest BCUT2D eigenvalue weighted by Gasteiger charge is 2.42. The Kier molecular flexibility index (Phi) is 4.06. The van der Waals surface area contributed by atoms with Gasteiger partial charge in [-0.15, -0.1) is 0 Å². The van der Waals surface area contributed by atoms with Crippen molar-refractivity contribution in [2.75, 3.05) is 18.6 Å². The highest BCUT2D eigenvalue weighted by atomic mass is 32.2. The van der Waals surface area contributed by atoms with Gasteiger partial charge in [0, 0.05) is 18.6 Å². The van der Waals surface area contributed by atoms with Gasteiger partial charge in [-0.3, -0.25) is 0 Å². The molecular formula is C14H22N2O3S. The number of hydrogen-bond donors (Lipinski definition) is 1. The molecule has 2 aliphatic rings. The molecule has 1 aliphatic carbocycles. The molecule has 0 aromatic carbocycles. The summed E-state index contributed by atoms with van der Waals surface area (Å²) in [6.45, 7) is 2.24. The van der Waals surface area contributed by atoms with Gasteiger partial charge < -0.3 is 14.4 Å². The number of nitrogens with zero attached hydrogens (tertiary/aromatic N) is 2. The molecule has 4 atom stereocenters. The second-order valence-electron chi connectivity index (χ2n) is 6.07. The molecule has 1 aromatic rings. The maximum Gasteiger partial charge on any atom is 0.233 e. The molecule has 3 rings (SSSR count). The summed E-state index contributed by atoms with van der Waals surface area (Å²) in [5, 5.41) is 14.1. The Morgan fingerprint density at radius 3 is 2.95 bits per heavy atom. The molecule has 2 heterocycles. The van der Waals surface area contributed by atoms with E-state index in [0.717, 1.165) is 30.8 Å². The quantitative estimate of drug-likeness (QED) is 0.923. The Balaban J connectivity index is 1.84. The minimum absolute atomic E-state index is 0.0313. The second-order valence-corrected chi connectivity index (χ2v) is 7.14. The molecule has 4 unspecified atom stereocenters. The predicted molar refractivity (Wildman–Crippen MR) is 76.7 cm³/mol. The van der Waals surface area contributed by atoms with Crippen LogP contribution < -0.4 is 0 Å². The summed E-state index contributed by atoms with van der Waals surface area (Å²) in [6, 6.07) is 0. The van der Waals surface area contributed by atoms with Crippen LogP contribution in [0, 0.1) is 5.92 Å². The molecule has 1 aliphatic heterocycles. The third-order valence-corrected chi connectivity index (χ3v) is 5.74. The van der Waals surface area contributed by atoms with Crippen LogP contribution in [0.1, 0.15) is 50.2 Å². The molecule has 0 bridgehead atoms. The molecule has 5 nitrogen and oxygen atoms in total. The van der Waals surface area contributed by atoms with E-state index in [1.807, 2.05) is 0 Å². The number of aliphatic hydroxyl groups is 1. The molecule has 112 valence electrons. The van der Waals surface area contributed by atoms with Crippen LogP contribution in [0.4, 0.5) is 0 Å². The monoisotopic (exact) mass is 298 g/mol. The van der Waals surface area contributed by atoms with Crippen molar-refractivity contribution in [3.63, 3.8) is 0 Å². The first-order valence-electron chi connectivity index (χ1n) is 7.29. The van der Waals surface area contributed by atoms with E-state index >= 15 is 0 Å². The van der Waals surface area contributed by atoms with Gasteiger partial charge in [0.1, 0.15) is 5.60 Å². The van der Waals surface area contributed by atoms with E-state index < -0.39 is 5.60 Å². The molecule has 0 spiro atoms. The highest BCUT2D eigenvalue weighted by molar-refractivity contribution is 7.99. The Bertz CT molecular complexity index is 467. The van der Waals surface area contributed by atoms with Crippen molar-refractivity contribution in [1.82, 2.24) is 10.1 Å². The van der Waals surface area contributed by atoms with Crippen molar-refractivity contribution in [3.8, 4) is 0 Å². The second kappa shape index (κ2) is 5.66. The van der Waals surface area contributed by atoms with E-state index in [1.54, 1.807) is 18.9 Å². The fourth-order valence-corrected chi connectivity index (χ4v) is 4.56. The van der Waals surface area contributed by atoms with Gasteiger partial charge in [-0.1, -0.05) is 18.5 Å². The summed E-state index contributed by atoms with van der Waals surface area (Å²) in [5.74, 6) is 3.39. The van der Waals surface area contributed by atoms with Gasteiger partial charge in [-0.05, 0) is 25.2 Å². The number of aromatic nitrogens is 2. The number of methoxy groups -OCH3 is 1. The van der Waals surface area contributed by atoms with E-state index in [1.165, 1.54) is 6.42 Å². The van der Waals surface area contributed by atoms with Gasteiger partial charge in [-0.2, -0.15) is 16.7 Å². The van der Waals surface area contributed by atoms with Crippen molar-refractivity contribution in [3.05, 3.63) is 11.7 Å². The fourth-order valence-electron chi connectivity index (χ4n) is 3.33. The first-order chi connectivity index (χ1) is 9.64. The van der Waals surface area contributed by atoms with Crippen LogP contribution in [0.15, 0.2) is 4.52 Å². The van der Waals surface area contributed by atoms with Gasteiger partial charge in [0.2, 0.25) is 11.7 Å². The number of thioether (sulfide) groups is 1. The summed E-state index contributed by atoms with van der Waals surface area (Å²) in [7, 11) is 1.73. The molecule has 1 aromatic heterocycles. The molecule has 1 saturated carbocycles. The van der Waals surface area contributed by atoms with Crippen LogP contribution in [0.5, 0.6) is 0 Å². The zero-order chi connectivity index (χ0) is 14.2. The Morgan fingerprint density at radius 2 is 2.30 bits per heavy atom. The van der Waals surface area contributed by atoms with Crippen molar-refractivity contribution in [1.29, 1.82) is 0 Å². The van der Waals surface area contributed by atoms with Gasteiger partial charge in [0.25, 0.3) is 0 Å². The maximum atomic E-state index is 9.95. The molecule has 0 amide bonds. The van der Waals surface area contributed by atoms with Crippen LogP contribution in [0.2, 0.25) is 0 Å². The number of ether oxygens (including phenoxy) is 1. The Morgan fingerprint density at radius 1 is 1.45 bits per heavy atom. The van der Waals surface area contributed by atoms with Gasteiger partial charge >= 0.3 is 0 Å².